The van der Waals surface area contributed by atoms with Crippen LogP contribution < -0.4 is 18.9 Å². The minimum atomic E-state index is -4.04. The van der Waals surface area contributed by atoms with E-state index in [4.69, 9.17) is 14.2 Å². The molecular formula is C21H26N10O5S. The number of nitrogens with zero attached hydrogens (tertiary/aromatic N) is 9. The van der Waals surface area contributed by atoms with Gasteiger partial charge in [0.1, 0.15) is 17.8 Å². The molecule has 0 saturated heterocycles. The van der Waals surface area contributed by atoms with Crippen LogP contribution in [0.3, 0.4) is 0 Å². The Morgan fingerprint density at radius 1 is 0.946 bits per heavy atom. The standard InChI is InChI=1S/C21H26N10O5S/c1-12(17-22-9-14(34-4)10-23-17)13(2)37(32,33)29-21-27-26-18(15-7-8-30(3)28-15)31(21)16-19(35-5)24-11-25-20(16)36-6/h7-13H,1-6H3,(H,27,29)/t12-,13+/m1/s1. The Bertz CT molecular complexity index is 1460. The zero-order chi connectivity index (χ0) is 26.7. The molecule has 4 aromatic heterocycles. The number of hydrogen-bond acceptors (Lipinski definition) is 12. The molecule has 0 aliphatic rings. The molecule has 0 unspecified atom stereocenters. The summed E-state index contributed by atoms with van der Waals surface area (Å²) >= 11 is 0. The maximum atomic E-state index is 13.5. The Hall–Kier alpha value is -4.34. The molecule has 4 heterocycles. The number of aryl methyl sites for hydroxylation is 1. The van der Waals surface area contributed by atoms with Crippen LogP contribution in [-0.4, -0.2) is 79.5 Å². The number of nitrogens with one attached hydrogen (secondary N) is 1. The lowest BCUT2D eigenvalue weighted by Gasteiger charge is -2.20. The van der Waals surface area contributed by atoms with Gasteiger partial charge in [-0.15, -0.1) is 10.2 Å². The van der Waals surface area contributed by atoms with Crippen molar-refractivity contribution in [2.24, 2.45) is 7.05 Å². The summed E-state index contributed by atoms with van der Waals surface area (Å²) in [5.74, 6) is 0.529. The Balaban J connectivity index is 1.79. The summed E-state index contributed by atoms with van der Waals surface area (Å²) in [6.07, 6.45) is 5.94. The summed E-state index contributed by atoms with van der Waals surface area (Å²) in [6, 6.07) is 1.70. The van der Waals surface area contributed by atoms with Crippen LogP contribution in [0.25, 0.3) is 17.2 Å². The van der Waals surface area contributed by atoms with Crippen LogP contribution in [0.1, 0.15) is 25.6 Å². The molecule has 0 radical (unpaired) electrons. The van der Waals surface area contributed by atoms with Gasteiger partial charge in [0.15, 0.2) is 17.3 Å². The molecule has 196 valence electrons. The smallest absolute Gasteiger partial charge is 0.245 e. The second kappa shape index (κ2) is 10.3. The van der Waals surface area contributed by atoms with E-state index in [0.717, 1.165) is 0 Å². The summed E-state index contributed by atoms with van der Waals surface area (Å²) in [7, 11) is 2.03. The Morgan fingerprint density at radius 3 is 2.14 bits per heavy atom. The number of sulfonamides is 1. The summed E-state index contributed by atoms with van der Waals surface area (Å²) in [5, 5.41) is 11.7. The molecule has 37 heavy (non-hydrogen) atoms. The maximum Gasteiger partial charge on any atom is 0.245 e. The fourth-order valence-corrected chi connectivity index (χ4v) is 4.70. The van der Waals surface area contributed by atoms with E-state index < -0.39 is 21.2 Å². The molecule has 1 N–H and O–H groups in total. The SMILES string of the molecule is COc1cnc([C@H](C)[C@H](C)S(=O)(=O)Nc2nnc(-c3ccn(C)n3)n2-c2c(OC)ncnc2OC)nc1. The van der Waals surface area contributed by atoms with Crippen molar-refractivity contribution < 1.29 is 22.6 Å². The van der Waals surface area contributed by atoms with Crippen molar-refractivity contribution in [3.05, 3.63) is 36.8 Å². The van der Waals surface area contributed by atoms with Crippen molar-refractivity contribution in [3.63, 3.8) is 0 Å². The molecule has 4 aromatic rings. The van der Waals surface area contributed by atoms with Gasteiger partial charge in [-0.3, -0.25) is 9.40 Å². The third-order valence-corrected chi connectivity index (χ3v) is 7.54. The van der Waals surface area contributed by atoms with E-state index in [2.05, 4.69) is 40.0 Å². The predicted molar refractivity (Wildman–Crippen MR) is 131 cm³/mol. The highest BCUT2D eigenvalue weighted by Gasteiger charge is 2.33. The van der Waals surface area contributed by atoms with E-state index in [1.165, 1.54) is 44.6 Å². The van der Waals surface area contributed by atoms with E-state index in [9.17, 15) is 8.42 Å². The van der Waals surface area contributed by atoms with Crippen LogP contribution in [0.4, 0.5) is 5.95 Å². The summed E-state index contributed by atoms with van der Waals surface area (Å²) in [6.45, 7) is 3.26. The van der Waals surface area contributed by atoms with Crippen molar-refractivity contribution in [1.82, 2.24) is 44.5 Å². The fraction of sp³-hybridized carbons (Fsp3) is 0.381. The number of anilines is 1. The highest BCUT2D eigenvalue weighted by atomic mass is 32.2. The summed E-state index contributed by atoms with van der Waals surface area (Å²) in [5.41, 5.74) is 0.608. The van der Waals surface area contributed by atoms with Crippen molar-refractivity contribution in [3.8, 4) is 34.7 Å². The largest absolute Gasteiger partial charge is 0.494 e. The zero-order valence-corrected chi connectivity index (χ0v) is 21.8. The number of methoxy groups -OCH3 is 3. The van der Waals surface area contributed by atoms with E-state index in [1.54, 1.807) is 37.8 Å². The lowest BCUT2D eigenvalue weighted by Crippen LogP contribution is -2.31. The highest BCUT2D eigenvalue weighted by Crippen LogP contribution is 2.35. The molecule has 0 amide bonds. The molecule has 0 aliphatic heterocycles. The molecule has 0 saturated carbocycles. The van der Waals surface area contributed by atoms with Crippen LogP contribution >= 0.6 is 0 Å². The molecule has 0 aliphatic carbocycles. The van der Waals surface area contributed by atoms with Gasteiger partial charge in [0.05, 0.1) is 39.0 Å². The Labute approximate surface area is 212 Å². The van der Waals surface area contributed by atoms with Crippen molar-refractivity contribution in [2.45, 2.75) is 25.0 Å². The molecule has 2 atom stereocenters. The van der Waals surface area contributed by atoms with E-state index in [1.807, 2.05) is 0 Å². The first-order valence-corrected chi connectivity index (χ1v) is 12.5. The first-order valence-electron chi connectivity index (χ1n) is 11.0. The molecule has 4 rings (SSSR count). The van der Waals surface area contributed by atoms with E-state index in [0.29, 0.717) is 17.3 Å². The second-order valence-corrected chi connectivity index (χ2v) is 9.96. The van der Waals surface area contributed by atoms with Gasteiger partial charge in [0, 0.05) is 19.2 Å². The quantitative estimate of drug-likeness (QED) is 0.311. The average molecular weight is 531 g/mol. The first-order chi connectivity index (χ1) is 17.7. The third-order valence-electron chi connectivity index (χ3n) is 5.69. The van der Waals surface area contributed by atoms with Crippen LogP contribution in [0.2, 0.25) is 0 Å². The fourth-order valence-electron chi connectivity index (χ4n) is 3.47. The summed E-state index contributed by atoms with van der Waals surface area (Å²) in [4.78, 5) is 16.7. The van der Waals surface area contributed by atoms with Crippen LogP contribution in [0.15, 0.2) is 31.0 Å². The number of ether oxygens (including phenoxy) is 3. The minimum absolute atomic E-state index is 0.109. The van der Waals surface area contributed by atoms with Crippen molar-refractivity contribution in [1.29, 1.82) is 0 Å². The molecule has 0 spiro atoms. The predicted octanol–water partition coefficient (Wildman–Crippen LogP) is 1.21. The topological polar surface area (TPSA) is 174 Å². The number of aromatic nitrogens is 9. The van der Waals surface area contributed by atoms with Gasteiger partial charge in [-0.25, -0.2) is 23.0 Å². The van der Waals surface area contributed by atoms with E-state index in [-0.39, 0.29) is 29.2 Å². The van der Waals surface area contributed by atoms with Gasteiger partial charge in [-0.05, 0) is 13.0 Å². The van der Waals surface area contributed by atoms with Crippen LogP contribution in [0.5, 0.6) is 17.5 Å². The molecule has 16 heteroatoms. The Kier molecular flexibility index (Phi) is 7.19. The average Bonchev–Trinajstić information content (AvgIpc) is 3.52. The van der Waals surface area contributed by atoms with Gasteiger partial charge in [0.2, 0.25) is 27.7 Å². The molecule has 0 bridgehead atoms. The van der Waals surface area contributed by atoms with Gasteiger partial charge in [-0.1, -0.05) is 6.92 Å². The second-order valence-electron chi connectivity index (χ2n) is 7.92. The van der Waals surface area contributed by atoms with Crippen molar-refractivity contribution in [2.75, 3.05) is 26.1 Å². The van der Waals surface area contributed by atoms with Gasteiger partial charge in [0.25, 0.3) is 0 Å². The first kappa shape index (κ1) is 25.7. The van der Waals surface area contributed by atoms with E-state index >= 15 is 0 Å². The summed E-state index contributed by atoms with van der Waals surface area (Å²) < 4.78 is 48.4. The maximum absolute atomic E-state index is 13.5. The minimum Gasteiger partial charge on any atom is -0.494 e. The lowest BCUT2D eigenvalue weighted by molar-refractivity contribution is 0.368. The number of rotatable bonds is 10. The Morgan fingerprint density at radius 2 is 1.59 bits per heavy atom. The zero-order valence-electron chi connectivity index (χ0n) is 21.0. The van der Waals surface area contributed by atoms with Crippen LogP contribution in [0, 0.1) is 0 Å². The number of hydrogen-bond donors (Lipinski definition) is 1. The molecular weight excluding hydrogens is 504 g/mol. The van der Waals surface area contributed by atoms with Gasteiger partial charge < -0.3 is 14.2 Å². The van der Waals surface area contributed by atoms with Crippen molar-refractivity contribution >= 4 is 16.0 Å². The normalized spacial score (nSPS) is 13.1. The monoisotopic (exact) mass is 530 g/mol. The molecule has 0 fully saturated rings. The molecule has 15 nitrogen and oxygen atoms in total. The highest BCUT2D eigenvalue weighted by molar-refractivity contribution is 7.93. The van der Waals surface area contributed by atoms with Crippen LogP contribution in [-0.2, 0) is 17.1 Å². The van der Waals surface area contributed by atoms with Gasteiger partial charge in [-0.2, -0.15) is 15.1 Å². The van der Waals surface area contributed by atoms with Gasteiger partial charge >= 0.3 is 0 Å². The molecule has 0 aromatic carbocycles. The third kappa shape index (κ3) is 5.00. The lowest BCUT2D eigenvalue weighted by atomic mass is 10.1.